The maximum Gasteiger partial charge on any atom is 0.343 e. The third-order valence-corrected chi connectivity index (χ3v) is 4.12. The fourth-order valence-corrected chi connectivity index (χ4v) is 3.02. The quantitative estimate of drug-likeness (QED) is 0.774. The Kier molecular flexibility index (Phi) is 4.34. The van der Waals surface area contributed by atoms with Gasteiger partial charge in [0, 0.05) is 12.8 Å². The predicted octanol–water partition coefficient (Wildman–Crippen LogP) is 4.64. The van der Waals surface area contributed by atoms with Crippen LogP contribution in [0.5, 0.6) is 0 Å². The van der Waals surface area contributed by atoms with Crippen LogP contribution < -0.4 is 0 Å². The molecule has 2 aromatic carbocycles. The molecule has 3 nitrogen and oxygen atoms in total. The zero-order valence-corrected chi connectivity index (χ0v) is 13.9. The van der Waals surface area contributed by atoms with E-state index in [4.69, 9.17) is 4.74 Å². The third kappa shape index (κ3) is 3.46. The Labute approximate surface area is 142 Å². The highest BCUT2D eigenvalue weighted by atomic mass is 16.5. The average molecular weight is 320 g/mol. The van der Waals surface area contributed by atoms with E-state index in [1.54, 1.807) is 24.3 Å². The Balaban J connectivity index is 2.01. The van der Waals surface area contributed by atoms with Crippen LogP contribution in [0.25, 0.3) is 5.57 Å². The van der Waals surface area contributed by atoms with Crippen LogP contribution in [0, 0.1) is 5.41 Å². The van der Waals surface area contributed by atoms with E-state index >= 15 is 0 Å². The molecule has 0 aromatic heterocycles. The van der Waals surface area contributed by atoms with Crippen molar-refractivity contribution in [2.75, 3.05) is 0 Å². The zero-order chi connectivity index (χ0) is 17.2. The van der Waals surface area contributed by atoms with Crippen molar-refractivity contribution in [3.63, 3.8) is 0 Å². The SMILES string of the molecule is CC1(C)CC(=O)C(c2ccccc2)=C(OC(=O)c2ccccc2)C1. The molecule has 1 aliphatic carbocycles. The van der Waals surface area contributed by atoms with Crippen LogP contribution in [0.1, 0.15) is 42.6 Å². The van der Waals surface area contributed by atoms with E-state index < -0.39 is 5.97 Å². The molecule has 3 rings (SSSR count). The number of ketones is 1. The minimum atomic E-state index is -0.426. The van der Waals surface area contributed by atoms with Gasteiger partial charge in [-0.3, -0.25) is 4.79 Å². The van der Waals surface area contributed by atoms with Crippen molar-refractivity contribution in [3.8, 4) is 0 Å². The van der Waals surface area contributed by atoms with E-state index in [0.717, 1.165) is 5.56 Å². The Morgan fingerprint density at radius 1 is 0.917 bits per heavy atom. The molecule has 2 aromatic rings. The molecule has 0 heterocycles. The second-order valence-electron chi connectivity index (χ2n) is 6.86. The topological polar surface area (TPSA) is 43.4 Å². The molecule has 0 unspecified atom stereocenters. The highest BCUT2D eigenvalue weighted by molar-refractivity contribution is 6.22. The van der Waals surface area contributed by atoms with Crippen LogP contribution in [0.4, 0.5) is 0 Å². The molecule has 3 heteroatoms. The van der Waals surface area contributed by atoms with Gasteiger partial charge in [0.25, 0.3) is 0 Å². The predicted molar refractivity (Wildman–Crippen MR) is 93.2 cm³/mol. The third-order valence-electron chi connectivity index (χ3n) is 4.12. The smallest absolute Gasteiger partial charge is 0.343 e. The molecule has 24 heavy (non-hydrogen) atoms. The maximum absolute atomic E-state index is 12.7. The molecule has 0 radical (unpaired) electrons. The Bertz CT molecular complexity index is 786. The van der Waals surface area contributed by atoms with E-state index in [9.17, 15) is 9.59 Å². The molecule has 1 aliphatic rings. The van der Waals surface area contributed by atoms with Crippen molar-refractivity contribution in [3.05, 3.63) is 77.5 Å². The van der Waals surface area contributed by atoms with Gasteiger partial charge in [0.15, 0.2) is 5.78 Å². The molecular weight excluding hydrogens is 300 g/mol. The number of benzene rings is 2. The minimum Gasteiger partial charge on any atom is -0.427 e. The van der Waals surface area contributed by atoms with Crippen LogP contribution >= 0.6 is 0 Å². The summed E-state index contributed by atoms with van der Waals surface area (Å²) >= 11 is 0. The van der Waals surface area contributed by atoms with Gasteiger partial charge in [-0.2, -0.15) is 0 Å². The van der Waals surface area contributed by atoms with Gasteiger partial charge in [0.1, 0.15) is 5.76 Å². The van der Waals surface area contributed by atoms with Crippen LogP contribution in [0.2, 0.25) is 0 Å². The molecule has 0 saturated heterocycles. The Morgan fingerprint density at radius 3 is 2.12 bits per heavy atom. The summed E-state index contributed by atoms with van der Waals surface area (Å²) in [4.78, 5) is 25.1. The molecule has 0 saturated carbocycles. The first-order valence-corrected chi connectivity index (χ1v) is 8.05. The lowest BCUT2D eigenvalue weighted by Gasteiger charge is -2.31. The number of carbonyl (C=O) groups is 2. The minimum absolute atomic E-state index is 0.0216. The number of hydrogen-bond acceptors (Lipinski definition) is 3. The lowest BCUT2D eigenvalue weighted by molar-refractivity contribution is -0.116. The van der Waals surface area contributed by atoms with Crippen LogP contribution in [0.3, 0.4) is 0 Å². The summed E-state index contributed by atoms with van der Waals surface area (Å²) in [5.74, 6) is 0.0640. The number of carbonyl (C=O) groups excluding carboxylic acids is 2. The summed E-state index contributed by atoms with van der Waals surface area (Å²) < 4.78 is 5.67. The van der Waals surface area contributed by atoms with Crippen LogP contribution in [-0.4, -0.2) is 11.8 Å². The summed E-state index contributed by atoms with van der Waals surface area (Å²) in [5.41, 5.74) is 1.59. The van der Waals surface area contributed by atoms with Gasteiger partial charge in [-0.25, -0.2) is 4.79 Å². The van der Waals surface area contributed by atoms with E-state index in [-0.39, 0.29) is 11.2 Å². The first-order chi connectivity index (χ1) is 11.5. The van der Waals surface area contributed by atoms with E-state index in [2.05, 4.69) is 0 Å². The van der Waals surface area contributed by atoms with Crippen molar-refractivity contribution >= 4 is 17.3 Å². The molecule has 0 bridgehead atoms. The van der Waals surface area contributed by atoms with E-state index in [1.165, 1.54) is 0 Å². The highest BCUT2D eigenvalue weighted by Gasteiger charge is 2.35. The summed E-state index contributed by atoms with van der Waals surface area (Å²) in [6, 6.07) is 18.3. The van der Waals surface area contributed by atoms with Gasteiger partial charge < -0.3 is 4.74 Å². The molecule has 0 fully saturated rings. The highest BCUT2D eigenvalue weighted by Crippen LogP contribution is 2.41. The number of ether oxygens (including phenoxy) is 1. The average Bonchev–Trinajstić information content (AvgIpc) is 2.55. The van der Waals surface area contributed by atoms with Gasteiger partial charge >= 0.3 is 5.97 Å². The number of esters is 1. The van der Waals surface area contributed by atoms with Crippen LogP contribution in [-0.2, 0) is 9.53 Å². The Morgan fingerprint density at radius 2 is 1.50 bits per heavy atom. The molecule has 0 aliphatic heterocycles. The molecule has 0 N–H and O–H groups in total. The van der Waals surface area contributed by atoms with Gasteiger partial charge in [0.05, 0.1) is 11.1 Å². The molecule has 0 amide bonds. The van der Waals surface area contributed by atoms with Crippen molar-refractivity contribution < 1.29 is 14.3 Å². The monoisotopic (exact) mass is 320 g/mol. The fourth-order valence-electron chi connectivity index (χ4n) is 3.02. The standard InChI is InChI=1S/C21H20O3/c1-21(2)13-17(22)19(15-9-5-3-6-10-15)18(14-21)24-20(23)16-11-7-4-8-12-16/h3-12H,13-14H2,1-2H3. The maximum atomic E-state index is 12.7. The number of allylic oxidation sites excluding steroid dienone is 2. The van der Waals surface area contributed by atoms with E-state index in [0.29, 0.717) is 29.7 Å². The van der Waals surface area contributed by atoms with Crippen molar-refractivity contribution in [2.24, 2.45) is 5.41 Å². The molecule has 0 spiro atoms. The first-order valence-electron chi connectivity index (χ1n) is 8.05. The molecule has 0 atom stereocenters. The summed E-state index contributed by atoms with van der Waals surface area (Å²) in [5, 5.41) is 0. The van der Waals surface area contributed by atoms with Gasteiger partial charge in [-0.05, 0) is 23.1 Å². The fraction of sp³-hybridized carbons (Fsp3) is 0.238. The van der Waals surface area contributed by atoms with Crippen molar-refractivity contribution in [2.45, 2.75) is 26.7 Å². The second kappa shape index (κ2) is 6.44. The molecular formula is C21H20O3. The van der Waals surface area contributed by atoms with Gasteiger partial charge in [-0.15, -0.1) is 0 Å². The second-order valence-corrected chi connectivity index (χ2v) is 6.86. The summed E-state index contributed by atoms with van der Waals surface area (Å²) in [6.07, 6.45) is 1.01. The lowest BCUT2D eigenvalue weighted by Crippen LogP contribution is -2.27. The number of rotatable bonds is 3. The Hall–Kier alpha value is -2.68. The van der Waals surface area contributed by atoms with E-state index in [1.807, 2.05) is 50.2 Å². The van der Waals surface area contributed by atoms with Crippen molar-refractivity contribution in [1.29, 1.82) is 0 Å². The number of hydrogen-bond donors (Lipinski definition) is 0. The summed E-state index contributed by atoms with van der Waals surface area (Å²) in [6.45, 7) is 4.03. The van der Waals surface area contributed by atoms with Gasteiger partial charge in [-0.1, -0.05) is 62.4 Å². The first kappa shape index (κ1) is 16.2. The van der Waals surface area contributed by atoms with Crippen LogP contribution in [0.15, 0.2) is 66.4 Å². The number of Topliss-reactive ketones (excluding diaryl/α,β-unsaturated/α-hetero) is 1. The summed E-state index contributed by atoms with van der Waals surface area (Å²) in [7, 11) is 0. The largest absolute Gasteiger partial charge is 0.427 e. The van der Waals surface area contributed by atoms with Gasteiger partial charge in [0.2, 0.25) is 0 Å². The lowest BCUT2D eigenvalue weighted by atomic mass is 9.75. The van der Waals surface area contributed by atoms with Crippen molar-refractivity contribution in [1.82, 2.24) is 0 Å². The zero-order valence-electron chi connectivity index (χ0n) is 13.9. The molecule has 122 valence electrons. The normalized spacial score (nSPS) is 16.8.